The first-order valence-corrected chi connectivity index (χ1v) is 9.53. The lowest BCUT2D eigenvalue weighted by molar-refractivity contribution is -0.177. The zero-order chi connectivity index (χ0) is 15.9. The number of fused-ring (bicyclic) bond motifs is 3. The fourth-order valence-electron chi connectivity index (χ4n) is 7.57. The number of aryl methyl sites for hydroxylation is 1. The molecule has 0 unspecified atom stereocenters. The Morgan fingerprint density at radius 1 is 1.04 bits per heavy atom. The summed E-state index contributed by atoms with van der Waals surface area (Å²) in [7, 11) is 0. The van der Waals surface area contributed by atoms with E-state index in [0.717, 1.165) is 25.2 Å². The molecule has 0 spiro atoms. The largest absolute Gasteiger partial charge is 0.508 e. The van der Waals surface area contributed by atoms with Gasteiger partial charge in [-0.3, -0.25) is 0 Å². The van der Waals surface area contributed by atoms with Crippen LogP contribution in [0.15, 0.2) is 18.2 Å². The van der Waals surface area contributed by atoms with Crippen molar-refractivity contribution in [2.45, 2.75) is 76.2 Å². The minimum Gasteiger partial charge on any atom is -0.508 e. The predicted molar refractivity (Wildman–Crippen MR) is 90.5 cm³/mol. The van der Waals surface area contributed by atoms with Gasteiger partial charge in [0.2, 0.25) is 0 Å². The smallest absolute Gasteiger partial charge is 0.115 e. The molecule has 3 saturated carbocycles. The predicted octanol–water partition coefficient (Wildman–Crippen LogP) is 4.53. The zero-order valence-electron chi connectivity index (χ0n) is 14.1. The molecule has 124 valence electrons. The summed E-state index contributed by atoms with van der Waals surface area (Å²) in [6.45, 7) is 2.42. The van der Waals surface area contributed by atoms with E-state index in [-0.39, 0.29) is 5.41 Å². The average molecular weight is 312 g/mol. The SMILES string of the molecule is C[C@]12CC[C@@H]3c4ccc(O)cc4CC[C@H]3[C@]13CCC[C@@]2(O)CC3. The Bertz CT molecular complexity index is 668. The van der Waals surface area contributed by atoms with Crippen LogP contribution in [0.4, 0.5) is 0 Å². The number of phenols is 1. The Morgan fingerprint density at radius 3 is 2.78 bits per heavy atom. The molecule has 4 aliphatic carbocycles. The second kappa shape index (κ2) is 4.33. The molecule has 2 bridgehead atoms. The first-order chi connectivity index (χ1) is 11.0. The minimum absolute atomic E-state index is 0.133. The molecule has 2 heteroatoms. The lowest BCUT2D eigenvalue weighted by Crippen LogP contribution is -2.59. The lowest BCUT2D eigenvalue weighted by atomic mass is 9.42. The normalized spacial score (nSPS) is 47.6. The van der Waals surface area contributed by atoms with Gasteiger partial charge in [0.25, 0.3) is 0 Å². The molecule has 23 heavy (non-hydrogen) atoms. The second-order valence-electron chi connectivity index (χ2n) is 9.05. The van der Waals surface area contributed by atoms with Gasteiger partial charge in [0.1, 0.15) is 5.75 Å². The van der Waals surface area contributed by atoms with Crippen LogP contribution in [0.2, 0.25) is 0 Å². The van der Waals surface area contributed by atoms with Crippen molar-refractivity contribution in [2.24, 2.45) is 16.7 Å². The minimum atomic E-state index is -0.397. The maximum Gasteiger partial charge on any atom is 0.115 e. The third-order valence-electron chi connectivity index (χ3n) is 8.73. The van der Waals surface area contributed by atoms with Crippen molar-refractivity contribution in [1.29, 1.82) is 0 Å². The molecule has 0 saturated heterocycles. The van der Waals surface area contributed by atoms with E-state index in [1.165, 1.54) is 49.7 Å². The topological polar surface area (TPSA) is 40.5 Å². The number of aliphatic hydroxyl groups is 1. The highest BCUT2D eigenvalue weighted by Gasteiger charge is 2.70. The Labute approximate surface area is 138 Å². The molecule has 0 aromatic heterocycles. The van der Waals surface area contributed by atoms with E-state index in [9.17, 15) is 10.2 Å². The van der Waals surface area contributed by atoms with E-state index < -0.39 is 5.60 Å². The molecule has 5 rings (SSSR count). The van der Waals surface area contributed by atoms with Crippen molar-refractivity contribution < 1.29 is 10.2 Å². The molecule has 0 aliphatic heterocycles. The van der Waals surface area contributed by atoms with E-state index in [0.29, 0.717) is 17.1 Å². The molecule has 0 radical (unpaired) electrons. The molecule has 0 heterocycles. The van der Waals surface area contributed by atoms with E-state index in [2.05, 4.69) is 13.0 Å². The van der Waals surface area contributed by atoms with E-state index in [1.807, 2.05) is 12.1 Å². The quantitative estimate of drug-likeness (QED) is 0.738. The third-order valence-corrected chi connectivity index (χ3v) is 8.73. The summed E-state index contributed by atoms with van der Waals surface area (Å²) in [5.41, 5.74) is 2.96. The Kier molecular flexibility index (Phi) is 2.70. The van der Waals surface area contributed by atoms with E-state index in [4.69, 9.17) is 0 Å². The number of hydrogen-bond acceptors (Lipinski definition) is 2. The van der Waals surface area contributed by atoms with Crippen molar-refractivity contribution in [3.63, 3.8) is 0 Å². The van der Waals surface area contributed by atoms with Crippen molar-refractivity contribution in [1.82, 2.24) is 0 Å². The van der Waals surface area contributed by atoms with Gasteiger partial charge in [-0.05, 0) is 98.3 Å². The number of hydrogen-bond donors (Lipinski definition) is 2. The first-order valence-electron chi connectivity index (χ1n) is 9.53. The van der Waals surface area contributed by atoms with Gasteiger partial charge in [-0.15, -0.1) is 0 Å². The Balaban J connectivity index is 1.62. The summed E-state index contributed by atoms with van der Waals surface area (Å²) in [5, 5.41) is 21.2. The van der Waals surface area contributed by atoms with Gasteiger partial charge < -0.3 is 10.2 Å². The van der Waals surface area contributed by atoms with E-state index >= 15 is 0 Å². The average Bonchev–Trinajstić information content (AvgIpc) is 2.66. The summed E-state index contributed by atoms with van der Waals surface area (Å²) in [5.74, 6) is 1.79. The monoisotopic (exact) mass is 312 g/mol. The van der Waals surface area contributed by atoms with Crippen LogP contribution in [0.25, 0.3) is 0 Å². The number of benzene rings is 1. The molecular weight excluding hydrogens is 284 g/mol. The van der Waals surface area contributed by atoms with E-state index in [1.54, 1.807) is 0 Å². The lowest BCUT2D eigenvalue weighted by Gasteiger charge is -2.63. The van der Waals surface area contributed by atoms with Gasteiger partial charge in [-0.25, -0.2) is 0 Å². The molecule has 1 aromatic rings. The summed E-state index contributed by atoms with van der Waals surface area (Å²) in [6, 6.07) is 6.05. The number of phenolic OH excluding ortho intramolecular Hbond substituents is 1. The van der Waals surface area contributed by atoms with Crippen LogP contribution in [0.5, 0.6) is 5.75 Å². The van der Waals surface area contributed by atoms with Crippen LogP contribution in [0.3, 0.4) is 0 Å². The van der Waals surface area contributed by atoms with Crippen molar-refractivity contribution in [3.05, 3.63) is 29.3 Å². The van der Waals surface area contributed by atoms with Crippen LogP contribution in [-0.2, 0) is 6.42 Å². The van der Waals surface area contributed by atoms with Gasteiger partial charge in [-0.2, -0.15) is 0 Å². The summed E-state index contributed by atoms with van der Waals surface area (Å²) < 4.78 is 0. The molecule has 1 aromatic carbocycles. The molecule has 5 atom stereocenters. The molecule has 4 aliphatic rings. The zero-order valence-corrected chi connectivity index (χ0v) is 14.1. The van der Waals surface area contributed by atoms with Gasteiger partial charge in [0.15, 0.2) is 0 Å². The Morgan fingerprint density at radius 2 is 1.91 bits per heavy atom. The Hall–Kier alpha value is -1.02. The van der Waals surface area contributed by atoms with Gasteiger partial charge in [-0.1, -0.05) is 13.0 Å². The highest BCUT2D eigenvalue weighted by atomic mass is 16.3. The summed E-state index contributed by atoms with van der Waals surface area (Å²) >= 11 is 0. The molecule has 2 N–H and O–H groups in total. The molecule has 3 fully saturated rings. The molecule has 0 amide bonds. The summed E-state index contributed by atoms with van der Waals surface area (Å²) in [4.78, 5) is 0. The second-order valence-corrected chi connectivity index (χ2v) is 9.05. The van der Waals surface area contributed by atoms with Crippen molar-refractivity contribution in [2.75, 3.05) is 0 Å². The van der Waals surface area contributed by atoms with Crippen LogP contribution < -0.4 is 0 Å². The fraction of sp³-hybridized carbons (Fsp3) is 0.714. The van der Waals surface area contributed by atoms with Gasteiger partial charge in [0, 0.05) is 5.41 Å². The highest BCUT2D eigenvalue weighted by Crippen LogP contribution is 2.75. The number of rotatable bonds is 0. The fourth-order valence-corrected chi connectivity index (χ4v) is 7.57. The van der Waals surface area contributed by atoms with Gasteiger partial charge in [0.05, 0.1) is 5.60 Å². The standard InChI is InChI=1S/C21H28O2/c1-19-10-7-17-16-5-4-15(22)13-14(16)3-6-18(17)20(19)8-2-9-21(19,23)12-11-20/h4-5,13,17-18,22-23H,2-3,6-12H2,1H3/t17-,18-,19+,20-,21-/m1/s1. The molecule has 2 nitrogen and oxygen atoms in total. The number of aromatic hydroxyl groups is 1. The van der Waals surface area contributed by atoms with Gasteiger partial charge >= 0.3 is 0 Å². The van der Waals surface area contributed by atoms with Crippen LogP contribution in [-0.4, -0.2) is 15.8 Å². The summed E-state index contributed by atoms with van der Waals surface area (Å²) in [6.07, 6.45) is 10.5. The van der Waals surface area contributed by atoms with Crippen LogP contribution in [0.1, 0.15) is 75.3 Å². The van der Waals surface area contributed by atoms with Crippen molar-refractivity contribution in [3.8, 4) is 5.75 Å². The van der Waals surface area contributed by atoms with Crippen molar-refractivity contribution >= 4 is 0 Å². The van der Waals surface area contributed by atoms with Crippen LogP contribution >= 0.6 is 0 Å². The highest BCUT2D eigenvalue weighted by molar-refractivity contribution is 5.41. The third kappa shape index (κ3) is 1.54. The maximum atomic E-state index is 11.4. The van der Waals surface area contributed by atoms with Crippen LogP contribution in [0, 0.1) is 16.7 Å². The molecular formula is C21H28O2. The maximum absolute atomic E-state index is 11.4. The first kappa shape index (κ1) is 14.3.